The number of benzene rings is 1. The Balaban J connectivity index is 3.00. The van der Waals surface area contributed by atoms with Gasteiger partial charge in [0.05, 0.1) is 5.69 Å². The maximum absolute atomic E-state index is 12.0. The molecule has 0 radical (unpaired) electrons. The van der Waals surface area contributed by atoms with Crippen LogP contribution >= 0.6 is 0 Å². The van der Waals surface area contributed by atoms with Gasteiger partial charge in [-0.2, -0.15) is 0 Å². The van der Waals surface area contributed by atoms with Crippen LogP contribution in [-0.2, 0) is 4.79 Å². The van der Waals surface area contributed by atoms with Crippen molar-refractivity contribution in [2.45, 2.75) is 20.8 Å². The van der Waals surface area contributed by atoms with Crippen LogP contribution in [0.5, 0.6) is 0 Å². The molecule has 1 amide bonds. The van der Waals surface area contributed by atoms with Crippen LogP contribution in [-0.4, -0.2) is 24.0 Å². The molecule has 0 aromatic heterocycles. The molecule has 0 unspecified atom stereocenters. The molecule has 0 spiro atoms. The van der Waals surface area contributed by atoms with Gasteiger partial charge in [0.2, 0.25) is 0 Å². The lowest BCUT2D eigenvalue weighted by molar-refractivity contribution is -0.127. The zero-order valence-electron chi connectivity index (χ0n) is 10.8. The van der Waals surface area contributed by atoms with Crippen molar-refractivity contribution < 1.29 is 4.79 Å². The smallest absolute Gasteiger partial charge is 0.267 e. The van der Waals surface area contributed by atoms with E-state index < -0.39 is 0 Å². The van der Waals surface area contributed by atoms with Gasteiger partial charge in [0.15, 0.2) is 0 Å². The highest BCUT2D eigenvalue weighted by atomic mass is 16.2. The summed E-state index contributed by atoms with van der Waals surface area (Å²) in [7, 11) is 0. The van der Waals surface area contributed by atoms with Crippen LogP contribution < -0.4 is 5.01 Å². The van der Waals surface area contributed by atoms with Gasteiger partial charge in [0.25, 0.3) is 5.91 Å². The number of nitrogens with zero attached hydrogens (tertiary/aromatic N) is 2. The van der Waals surface area contributed by atoms with Gasteiger partial charge in [-0.1, -0.05) is 24.8 Å². The van der Waals surface area contributed by atoms with Gasteiger partial charge in [-0.3, -0.25) is 14.8 Å². The van der Waals surface area contributed by atoms with E-state index in [0.29, 0.717) is 12.1 Å². The summed E-state index contributed by atoms with van der Waals surface area (Å²) in [5, 5.41) is 3.69. The van der Waals surface area contributed by atoms with Crippen molar-refractivity contribution in [1.82, 2.24) is 5.01 Å². The first kappa shape index (κ1) is 13.3. The maximum Gasteiger partial charge on any atom is 0.267 e. The van der Waals surface area contributed by atoms with Gasteiger partial charge in [-0.25, -0.2) is 0 Å². The van der Waals surface area contributed by atoms with Crippen LogP contribution in [0.2, 0.25) is 0 Å². The van der Waals surface area contributed by atoms with Crippen LogP contribution in [0, 0.1) is 0 Å². The fourth-order valence-corrected chi connectivity index (χ4v) is 1.74. The lowest BCUT2D eigenvalue weighted by Gasteiger charge is -2.35. The summed E-state index contributed by atoms with van der Waals surface area (Å²) in [5.41, 5.74) is 1.58. The van der Waals surface area contributed by atoms with Gasteiger partial charge in [0.1, 0.15) is 0 Å². The van der Waals surface area contributed by atoms with Gasteiger partial charge in [0, 0.05) is 18.7 Å². The summed E-state index contributed by atoms with van der Waals surface area (Å²) >= 11 is 0. The third-order valence-electron chi connectivity index (χ3n) is 2.54. The topological polar surface area (TPSA) is 23.6 Å². The molecular weight excluding hydrogens is 212 g/mol. The second-order valence-electron chi connectivity index (χ2n) is 3.85. The molecule has 3 nitrogen and oxygen atoms in total. The van der Waals surface area contributed by atoms with E-state index in [4.69, 9.17) is 0 Å². The molecule has 0 saturated carbocycles. The van der Waals surface area contributed by atoms with E-state index >= 15 is 0 Å². The van der Waals surface area contributed by atoms with Gasteiger partial charge < -0.3 is 0 Å². The first-order valence-electron chi connectivity index (χ1n) is 5.91. The number of anilines is 1. The van der Waals surface area contributed by atoms with E-state index in [1.165, 1.54) is 0 Å². The second kappa shape index (κ2) is 6.09. The third-order valence-corrected chi connectivity index (χ3v) is 2.54. The molecule has 0 bridgehead atoms. The summed E-state index contributed by atoms with van der Waals surface area (Å²) in [6, 6.07) is 9.90. The number of likely N-dealkylation sites (N-methyl/N-ethyl adjacent to an activating group) is 1. The largest absolute Gasteiger partial charge is 0.283 e. The van der Waals surface area contributed by atoms with Crippen LogP contribution in [0.3, 0.4) is 0 Å². The van der Waals surface area contributed by atoms with E-state index in [1.54, 1.807) is 11.9 Å². The monoisotopic (exact) mass is 232 g/mol. The molecule has 0 fully saturated rings. The molecule has 92 valence electrons. The molecule has 0 N–H and O–H groups in total. The predicted octanol–water partition coefficient (Wildman–Crippen LogP) is 2.85. The molecular formula is C14H20N2O. The van der Waals surface area contributed by atoms with E-state index in [1.807, 2.05) is 49.2 Å². The second-order valence-corrected chi connectivity index (χ2v) is 3.85. The molecule has 17 heavy (non-hydrogen) atoms. The van der Waals surface area contributed by atoms with Crippen molar-refractivity contribution in [2.75, 3.05) is 18.1 Å². The van der Waals surface area contributed by atoms with Crippen molar-refractivity contribution in [3.8, 4) is 0 Å². The van der Waals surface area contributed by atoms with E-state index in [2.05, 4.69) is 6.58 Å². The van der Waals surface area contributed by atoms with Crippen molar-refractivity contribution in [2.24, 2.45) is 0 Å². The van der Waals surface area contributed by atoms with E-state index in [9.17, 15) is 4.79 Å². The molecule has 1 rings (SSSR count). The summed E-state index contributed by atoms with van der Waals surface area (Å²) in [6.07, 6.45) is 0. The Hall–Kier alpha value is -1.77. The summed E-state index contributed by atoms with van der Waals surface area (Å²) in [4.78, 5) is 12.0. The summed E-state index contributed by atoms with van der Waals surface area (Å²) in [5.74, 6) is -0.0294. The van der Waals surface area contributed by atoms with Crippen molar-refractivity contribution in [3.63, 3.8) is 0 Å². The minimum absolute atomic E-state index is 0.0294. The highest BCUT2D eigenvalue weighted by molar-refractivity contribution is 5.93. The number of carbonyl (C=O) groups excluding carboxylic acids is 1. The number of hydrogen-bond acceptors (Lipinski definition) is 2. The molecule has 0 heterocycles. The fourth-order valence-electron chi connectivity index (χ4n) is 1.74. The fraction of sp³-hybridized carbons (Fsp3) is 0.357. The number of amides is 1. The van der Waals surface area contributed by atoms with Crippen LogP contribution in [0.15, 0.2) is 42.5 Å². The number of hydrogen-bond donors (Lipinski definition) is 0. The Labute approximate surface area is 103 Å². The predicted molar refractivity (Wildman–Crippen MR) is 71.7 cm³/mol. The third kappa shape index (κ3) is 3.09. The van der Waals surface area contributed by atoms with Gasteiger partial charge >= 0.3 is 0 Å². The molecule has 0 aliphatic rings. The quantitative estimate of drug-likeness (QED) is 0.575. The number of carbonyl (C=O) groups is 1. The Morgan fingerprint density at radius 2 is 1.76 bits per heavy atom. The van der Waals surface area contributed by atoms with E-state index in [0.717, 1.165) is 12.2 Å². The molecule has 3 heteroatoms. The summed E-state index contributed by atoms with van der Waals surface area (Å²) in [6.45, 7) is 10.8. The first-order chi connectivity index (χ1) is 8.11. The highest BCUT2D eigenvalue weighted by Gasteiger charge is 2.19. The van der Waals surface area contributed by atoms with Gasteiger partial charge in [-0.05, 0) is 32.9 Å². The minimum Gasteiger partial charge on any atom is -0.283 e. The zero-order chi connectivity index (χ0) is 12.8. The maximum atomic E-state index is 12.0. The number of para-hydroxylation sites is 1. The van der Waals surface area contributed by atoms with Gasteiger partial charge in [-0.15, -0.1) is 0 Å². The number of rotatable bonds is 5. The molecule has 0 saturated heterocycles. The molecule has 1 aromatic rings. The van der Waals surface area contributed by atoms with Crippen LogP contribution in [0.4, 0.5) is 5.69 Å². The standard InChI is InChI=1S/C14H20N2O/c1-5-15(13-10-8-7-9-11-13)16(6-2)14(17)12(3)4/h7-11H,3,5-6H2,1-2,4H3. The minimum atomic E-state index is -0.0294. The van der Waals surface area contributed by atoms with Crippen LogP contribution in [0.25, 0.3) is 0 Å². The Morgan fingerprint density at radius 1 is 1.18 bits per heavy atom. The van der Waals surface area contributed by atoms with Crippen molar-refractivity contribution in [3.05, 3.63) is 42.5 Å². The van der Waals surface area contributed by atoms with Crippen molar-refractivity contribution >= 4 is 11.6 Å². The molecule has 0 atom stereocenters. The highest BCUT2D eigenvalue weighted by Crippen LogP contribution is 2.16. The molecule has 0 aliphatic heterocycles. The SMILES string of the molecule is C=C(C)C(=O)N(CC)N(CC)c1ccccc1. The average Bonchev–Trinajstić information content (AvgIpc) is 2.35. The lowest BCUT2D eigenvalue weighted by Crippen LogP contribution is -2.46. The number of hydrazine groups is 1. The molecule has 1 aromatic carbocycles. The van der Waals surface area contributed by atoms with E-state index in [-0.39, 0.29) is 5.91 Å². The Bertz CT molecular complexity index is 386. The summed E-state index contributed by atoms with van der Waals surface area (Å²) < 4.78 is 0. The normalized spacial score (nSPS) is 9.82. The Morgan fingerprint density at radius 3 is 2.18 bits per heavy atom. The van der Waals surface area contributed by atoms with Crippen LogP contribution in [0.1, 0.15) is 20.8 Å². The first-order valence-corrected chi connectivity index (χ1v) is 5.91. The average molecular weight is 232 g/mol. The molecule has 0 aliphatic carbocycles. The lowest BCUT2D eigenvalue weighted by atomic mass is 10.3. The Kier molecular flexibility index (Phi) is 4.76. The van der Waals surface area contributed by atoms with Crippen molar-refractivity contribution in [1.29, 1.82) is 0 Å². The zero-order valence-corrected chi connectivity index (χ0v) is 10.8.